The Morgan fingerprint density at radius 3 is 2.93 bits per heavy atom. The molecule has 0 bridgehead atoms. The first kappa shape index (κ1) is 9.70. The van der Waals surface area contributed by atoms with E-state index >= 15 is 0 Å². The second kappa shape index (κ2) is 4.59. The van der Waals surface area contributed by atoms with Crippen LogP contribution in [0.4, 0.5) is 5.95 Å². The van der Waals surface area contributed by atoms with Crippen molar-refractivity contribution in [2.75, 3.05) is 11.9 Å². The Labute approximate surface area is 87.9 Å². The summed E-state index contributed by atoms with van der Waals surface area (Å²) in [7, 11) is 0. The highest BCUT2D eigenvalue weighted by Crippen LogP contribution is 2.03. The van der Waals surface area contributed by atoms with E-state index in [1.54, 1.807) is 17.1 Å². The molecule has 15 heavy (non-hydrogen) atoms. The number of rotatable bonds is 5. The standard InChI is InChI=1S/C9H14N6/c1-2-10-9-11-3-5-14(9)7-8-15-6-4-12-13-15/h3-6H,2,7-8H2,1H3,(H,10,11). The summed E-state index contributed by atoms with van der Waals surface area (Å²) in [6.45, 7) is 4.57. The summed E-state index contributed by atoms with van der Waals surface area (Å²) >= 11 is 0. The van der Waals surface area contributed by atoms with Crippen LogP contribution in [0.25, 0.3) is 0 Å². The van der Waals surface area contributed by atoms with Gasteiger partial charge in [-0.25, -0.2) is 4.98 Å². The second-order valence-electron chi connectivity index (χ2n) is 3.14. The van der Waals surface area contributed by atoms with Gasteiger partial charge in [0.1, 0.15) is 0 Å². The number of anilines is 1. The second-order valence-corrected chi connectivity index (χ2v) is 3.14. The van der Waals surface area contributed by atoms with Crippen molar-refractivity contribution >= 4 is 5.95 Å². The van der Waals surface area contributed by atoms with E-state index < -0.39 is 0 Å². The van der Waals surface area contributed by atoms with E-state index in [0.29, 0.717) is 0 Å². The Morgan fingerprint density at radius 2 is 2.20 bits per heavy atom. The monoisotopic (exact) mass is 206 g/mol. The molecule has 0 unspecified atom stereocenters. The topological polar surface area (TPSA) is 60.6 Å². The molecule has 2 heterocycles. The van der Waals surface area contributed by atoms with Crippen molar-refractivity contribution < 1.29 is 0 Å². The molecule has 0 aliphatic carbocycles. The van der Waals surface area contributed by atoms with Gasteiger partial charge in [0.2, 0.25) is 5.95 Å². The summed E-state index contributed by atoms with van der Waals surface area (Å²) in [4.78, 5) is 4.21. The Hall–Kier alpha value is -1.85. The van der Waals surface area contributed by atoms with E-state index in [1.807, 2.05) is 12.4 Å². The van der Waals surface area contributed by atoms with Gasteiger partial charge in [0.05, 0.1) is 12.7 Å². The minimum atomic E-state index is 0.800. The Kier molecular flexibility index (Phi) is 2.96. The van der Waals surface area contributed by atoms with Crippen molar-refractivity contribution in [3.8, 4) is 0 Å². The highest BCUT2D eigenvalue weighted by atomic mass is 15.4. The number of imidazole rings is 1. The lowest BCUT2D eigenvalue weighted by Crippen LogP contribution is -2.11. The lowest BCUT2D eigenvalue weighted by molar-refractivity contribution is 0.521. The quantitative estimate of drug-likeness (QED) is 0.778. The van der Waals surface area contributed by atoms with Gasteiger partial charge >= 0.3 is 0 Å². The Bertz CT molecular complexity index is 390. The Balaban J connectivity index is 1.95. The molecular weight excluding hydrogens is 192 g/mol. The highest BCUT2D eigenvalue weighted by molar-refractivity contribution is 5.25. The average molecular weight is 206 g/mol. The van der Waals surface area contributed by atoms with Crippen LogP contribution >= 0.6 is 0 Å². The largest absolute Gasteiger partial charge is 0.356 e. The van der Waals surface area contributed by atoms with Crippen molar-refractivity contribution in [1.29, 1.82) is 0 Å². The molecule has 0 spiro atoms. The summed E-state index contributed by atoms with van der Waals surface area (Å²) in [6, 6.07) is 0. The predicted octanol–water partition coefficient (Wildman–Crippen LogP) is 0.607. The molecule has 0 aliphatic heterocycles. The fraction of sp³-hybridized carbons (Fsp3) is 0.444. The third-order valence-electron chi connectivity index (χ3n) is 2.09. The maximum absolute atomic E-state index is 4.21. The van der Waals surface area contributed by atoms with E-state index in [0.717, 1.165) is 25.6 Å². The molecule has 0 fully saturated rings. The third kappa shape index (κ3) is 2.34. The molecular formula is C9H14N6. The summed E-state index contributed by atoms with van der Waals surface area (Å²) < 4.78 is 3.86. The van der Waals surface area contributed by atoms with Gasteiger partial charge in [0.25, 0.3) is 0 Å². The molecule has 6 nitrogen and oxygen atoms in total. The van der Waals surface area contributed by atoms with E-state index in [-0.39, 0.29) is 0 Å². The lowest BCUT2D eigenvalue weighted by Gasteiger charge is -2.07. The average Bonchev–Trinajstić information content (AvgIpc) is 2.85. The zero-order valence-electron chi connectivity index (χ0n) is 8.67. The van der Waals surface area contributed by atoms with E-state index in [1.165, 1.54) is 0 Å². The number of hydrogen-bond donors (Lipinski definition) is 1. The summed E-state index contributed by atoms with van der Waals surface area (Å²) in [5.74, 6) is 0.901. The minimum absolute atomic E-state index is 0.800. The molecule has 0 saturated carbocycles. The first-order chi connectivity index (χ1) is 7.40. The first-order valence-corrected chi connectivity index (χ1v) is 4.99. The molecule has 0 atom stereocenters. The fourth-order valence-electron chi connectivity index (χ4n) is 1.38. The summed E-state index contributed by atoms with van der Waals surface area (Å²) in [5, 5.41) is 10.8. The maximum Gasteiger partial charge on any atom is 0.202 e. The van der Waals surface area contributed by atoms with Crippen LogP contribution in [0.15, 0.2) is 24.8 Å². The third-order valence-corrected chi connectivity index (χ3v) is 2.09. The maximum atomic E-state index is 4.21. The summed E-state index contributed by atoms with van der Waals surface area (Å²) in [6.07, 6.45) is 7.28. The van der Waals surface area contributed by atoms with Crippen LogP contribution in [-0.4, -0.2) is 31.1 Å². The Morgan fingerprint density at radius 1 is 1.27 bits per heavy atom. The number of aromatic nitrogens is 5. The molecule has 2 aromatic heterocycles. The lowest BCUT2D eigenvalue weighted by atomic mass is 10.6. The molecule has 0 amide bonds. The SMILES string of the molecule is CCNc1nccn1CCn1ccnn1. The number of nitrogens with one attached hydrogen (secondary N) is 1. The molecule has 80 valence electrons. The highest BCUT2D eigenvalue weighted by Gasteiger charge is 2.00. The van der Waals surface area contributed by atoms with E-state index in [2.05, 4.69) is 32.1 Å². The van der Waals surface area contributed by atoms with Crippen LogP contribution in [0.5, 0.6) is 0 Å². The van der Waals surface area contributed by atoms with Gasteiger partial charge in [0, 0.05) is 31.7 Å². The van der Waals surface area contributed by atoms with Crippen LogP contribution < -0.4 is 5.32 Å². The van der Waals surface area contributed by atoms with Gasteiger partial charge in [0.15, 0.2) is 0 Å². The minimum Gasteiger partial charge on any atom is -0.356 e. The van der Waals surface area contributed by atoms with Crippen LogP contribution in [0, 0.1) is 0 Å². The van der Waals surface area contributed by atoms with Crippen LogP contribution in [-0.2, 0) is 13.1 Å². The fourth-order valence-corrected chi connectivity index (χ4v) is 1.38. The van der Waals surface area contributed by atoms with Crippen molar-refractivity contribution in [2.24, 2.45) is 0 Å². The molecule has 2 aromatic rings. The van der Waals surface area contributed by atoms with E-state index in [4.69, 9.17) is 0 Å². The van der Waals surface area contributed by atoms with Crippen molar-refractivity contribution in [3.63, 3.8) is 0 Å². The first-order valence-electron chi connectivity index (χ1n) is 4.99. The molecule has 0 saturated heterocycles. The van der Waals surface area contributed by atoms with E-state index in [9.17, 15) is 0 Å². The van der Waals surface area contributed by atoms with Crippen molar-refractivity contribution in [3.05, 3.63) is 24.8 Å². The van der Waals surface area contributed by atoms with Gasteiger partial charge in [-0.15, -0.1) is 5.10 Å². The summed E-state index contributed by atoms with van der Waals surface area (Å²) in [5.41, 5.74) is 0. The molecule has 0 radical (unpaired) electrons. The van der Waals surface area contributed by atoms with Crippen molar-refractivity contribution in [2.45, 2.75) is 20.0 Å². The van der Waals surface area contributed by atoms with Gasteiger partial charge in [-0.1, -0.05) is 5.21 Å². The number of aryl methyl sites for hydroxylation is 2. The molecule has 2 rings (SSSR count). The van der Waals surface area contributed by atoms with Crippen LogP contribution in [0.1, 0.15) is 6.92 Å². The zero-order chi connectivity index (χ0) is 10.5. The van der Waals surface area contributed by atoms with Crippen LogP contribution in [0.3, 0.4) is 0 Å². The molecule has 0 aliphatic rings. The van der Waals surface area contributed by atoms with Crippen LogP contribution in [0.2, 0.25) is 0 Å². The van der Waals surface area contributed by atoms with Crippen molar-refractivity contribution in [1.82, 2.24) is 24.5 Å². The van der Waals surface area contributed by atoms with Gasteiger partial charge in [-0.3, -0.25) is 4.68 Å². The predicted molar refractivity (Wildman–Crippen MR) is 56.4 cm³/mol. The molecule has 6 heteroatoms. The van der Waals surface area contributed by atoms with Gasteiger partial charge < -0.3 is 9.88 Å². The van der Waals surface area contributed by atoms with Gasteiger partial charge in [-0.2, -0.15) is 0 Å². The number of hydrogen-bond acceptors (Lipinski definition) is 4. The molecule has 1 N–H and O–H groups in total. The normalized spacial score (nSPS) is 10.5. The van der Waals surface area contributed by atoms with Gasteiger partial charge in [-0.05, 0) is 6.92 Å². The smallest absolute Gasteiger partial charge is 0.202 e. The zero-order valence-corrected chi connectivity index (χ0v) is 8.67. The molecule has 0 aromatic carbocycles. The number of nitrogens with zero attached hydrogens (tertiary/aromatic N) is 5.